The second-order valence-electron chi connectivity index (χ2n) is 5.17. The summed E-state index contributed by atoms with van der Waals surface area (Å²) in [6.07, 6.45) is 1.36. The first-order valence-corrected chi connectivity index (χ1v) is 7.44. The zero-order chi connectivity index (χ0) is 17.1. The van der Waals surface area contributed by atoms with Crippen LogP contribution in [0.3, 0.4) is 0 Å². The SMILES string of the molecule is COc1cc2ncnc(N(N)C(=O)N3CCOCC3)c2cc1OC.Cl. The van der Waals surface area contributed by atoms with Gasteiger partial charge in [-0.1, -0.05) is 0 Å². The van der Waals surface area contributed by atoms with Crippen LogP contribution in [-0.4, -0.2) is 61.4 Å². The second-order valence-corrected chi connectivity index (χ2v) is 5.17. The number of ether oxygens (including phenoxy) is 3. The van der Waals surface area contributed by atoms with E-state index in [9.17, 15) is 4.79 Å². The third-order valence-corrected chi connectivity index (χ3v) is 3.84. The highest BCUT2D eigenvalue weighted by molar-refractivity contribution is 6.00. The summed E-state index contributed by atoms with van der Waals surface area (Å²) < 4.78 is 15.8. The van der Waals surface area contributed by atoms with Crippen LogP contribution in [0.5, 0.6) is 11.5 Å². The lowest BCUT2D eigenvalue weighted by atomic mass is 10.2. The number of methoxy groups -OCH3 is 2. The maximum atomic E-state index is 12.6. The van der Waals surface area contributed by atoms with Crippen molar-refractivity contribution in [3.8, 4) is 11.5 Å². The third-order valence-electron chi connectivity index (χ3n) is 3.84. The van der Waals surface area contributed by atoms with Gasteiger partial charge in [0.25, 0.3) is 0 Å². The summed E-state index contributed by atoms with van der Waals surface area (Å²) in [5.41, 5.74) is 0.600. The number of aromatic nitrogens is 2. The van der Waals surface area contributed by atoms with Gasteiger partial charge in [-0.2, -0.15) is 0 Å². The number of carbonyl (C=O) groups is 1. The van der Waals surface area contributed by atoms with Gasteiger partial charge in [-0.15, -0.1) is 12.4 Å². The molecule has 0 aliphatic carbocycles. The van der Waals surface area contributed by atoms with Gasteiger partial charge in [0, 0.05) is 24.5 Å². The van der Waals surface area contributed by atoms with E-state index in [1.165, 1.54) is 13.4 Å². The van der Waals surface area contributed by atoms with Crippen molar-refractivity contribution in [1.82, 2.24) is 14.9 Å². The van der Waals surface area contributed by atoms with Gasteiger partial charge in [0.15, 0.2) is 17.3 Å². The van der Waals surface area contributed by atoms with Crippen LogP contribution in [0.1, 0.15) is 0 Å². The molecule has 1 saturated heterocycles. The number of fused-ring (bicyclic) bond motifs is 1. The molecule has 0 bridgehead atoms. The first-order valence-electron chi connectivity index (χ1n) is 7.44. The third kappa shape index (κ3) is 3.68. The highest BCUT2D eigenvalue weighted by Crippen LogP contribution is 2.34. The Hall–Kier alpha value is -2.36. The molecule has 2 aromatic rings. The van der Waals surface area contributed by atoms with Gasteiger partial charge in [0.1, 0.15) is 6.33 Å². The van der Waals surface area contributed by atoms with Gasteiger partial charge in [0.05, 0.1) is 33.0 Å². The lowest BCUT2D eigenvalue weighted by molar-refractivity contribution is 0.0548. The van der Waals surface area contributed by atoms with Crippen molar-refractivity contribution in [3.63, 3.8) is 0 Å². The zero-order valence-electron chi connectivity index (χ0n) is 14.0. The Kier molecular flexibility index (Phi) is 6.18. The summed E-state index contributed by atoms with van der Waals surface area (Å²) in [7, 11) is 3.08. The number of nitrogens with two attached hydrogens (primary N) is 1. The number of hydrogen-bond donors (Lipinski definition) is 1. The summed E-state index contributed by atoms with van der Waals surface area (Å²) in [6, 6.07) is 3.08. The molecule has 1 aliphatic heterocycles. The number of urea groups is 1. The number of nitrogens with zero attached hydrogens (tertiary/aromatic N) is 4. The molecule has 10 heteroatoms. The van der Waals surface area contributed by atoms with Crippen LogP contribution in [0.25, 0.3) is 10.9 Å². The fourth-order valence-corrected chi connectivity index (χ4v) is 2.56. The maximum Gasteiger partial charge on any atom is 0.340 e. The van der Waals surface area contributed by atoms with Crippen LogP contribution in [-0.2, 0) is 4.74 Å². The number of hydrazine groups is 1. The molecular weight excluding hydrogens is 350 g/mol. The quantitative estimate of drug-likeness (QED) is 0.492. The molecule has 0 radical (unpaired) electrons. The number of amides is 2. The minimum absolute atomic E-state index is 0. The van der Waals surface area contributed by atoms with E-state index in [2.05, 4.69) is 9.97 Å². The standard InChI is InChI=1S/C15H19N5O4.ClH/c1-22-12-7-10-11(8-13(12)23-2)17-9-18-14(10)20(16)15(21)19-3-5-24-6-4-19;/h7-9H,3-6,16H2,1-2H3;1H. The molecule has 0 atom stereocenters. The minimum Gasteiger partial charge on any atom is -0.493 e. The van der Waals surface area contributed by atoms with Crippen LogP contribution >= 0.6 is 12.4 Å². The molecule has 1 aromatic heterocycles. The van der Waals surface area contributed by atoms with Gasteiger partial charge in [-0.05, 0) is 6.07 Å². The molecule has 136 valence electrons. The van der Waals surface area contributed by atoms with Crippen LogP contribution in [0.4, 0.5) is 10.6 Å². The van der Waals surface area contributed by atoms with E-state index in [0.717, 1.165) is 5.01 Å². The van der Waals surface area contributed by atoms with E-state index < -0.39 is 0 Å². The minimum atomic E-state index is -0.340. The van der Waals surface area contributed by atoms with Crippen molar-refractivity contribution < 1.29 is 19.0 Å². The first-order chi connectivity index (χ1) is 11.7. The molecule has 0 saturated carbocycles. The fraction of sp³-hybridized carbons (Fsp3) is 0.400. The number of hydrogen-bond acceptors (Lipinski definition) is 7. The first kappa shape index (κ1) is 19.0. The number of anilines is 1. The number of rotatable bonds is 3. The number of morpholine rings is 1. The van der Waals surface area contributed by atoms with Crippen LogP contribution in [0.2, 0.25) is 0 Å². The predicted octanol–water partition coefficient (Wildman–Crippen LogP) is 1.20. The van der Waals surface area contributed by atoms with Crippen molar-refractivity contribution in [3.05, 3.63) is 18.5 Å². The smallest absolute Gasteiger partial charge is 0.340 e. The Balaban J connectivity index is 0.00000225. The largest absolute Gasteiger partial charge is 0.493 e. The lowest BCUT2D eigenvalue weighted by Crippen LogP contribution is -2.51. The van der Waals surface area contributed by atoms with Gasteiger partial charge >= 0.3 is 6.03 Å². The second kappa shape index (κ2) is 8.15. The van der Waals surface area contributed by atoms with Crippen LogP contribution in [0, 0.1) is 0 Å². The molecule has 3 rings (SSSR count). The molecule has 1 aromatic carbocycles. The molecule has 2 amide bonds. The molecule has 0 unspecified atom stereocenters. The van der Waals surface area contributed by atoms with Gasteiger partial charge in [-0.25, -0.2) is 25.6 Å². The molecule has 2 N–H and O–H groups in total. The normalized spacial score (nSPS) is 14.0. The Labute approximate surface area is 151 Å². The number of halogens is 1. The molecular formula is C15H20ClN5O4. The van der Waals surface area contributed by atoms with E-state index in [4.69, 9.17) is 20.1 Å². The van der Waals surface area contributed by atoms with E-state index in [1.807, 2.05) is 0 Å². The highest BCUT2D eigenvalue weighted by atomic mass is 35.5. The van der Waals surface area contributed by atoms with E-state index >= 15 is 0 Å². The van der Waals surface area contributed by atoms with Crippen molar-refractivity contribution in [1.29, 1.82) is 0 Å². The molecule has 9 nitrogen and oxygen atoms in total. The Morgan fingerprint density at radius 2 is 1.84 bits per heavy atom. The Bertz CT molecular complexity index is 754. The van der Waals surface area contributed by atoms with Gasteiger partial charge in [0.2, 0.25) is 0 Å². The predicted molar refractivity (Wildman–Crippen MR) is 94.3 cm³/mol. The fourth-order valence-electron chi connectivity index (χ4n) is 2.56. The average Bonchev–Trinajstić information content (AvgIpc) is 2.65. The molecule has 0 spiro atoms. The van der Waals surface area contributed by atoms with E-state index in [-0.39, 0.29) is 18.4 Å². The Morgan fingerprint density at radius 1 is 1.20 bits per heavy atom. The topological polar surface area (TPSA) is 103 Å². The molecule has 2 heterocycles. The van der Waals surface area contributed by atoms with E-state index in [0.29, 0.717) is 54.5 Å². The summed E-state index contributed by atoms with van der Waals surface area (Å²) in [5, 5.41) is 1.63. The summed E-state index contributed by atoms with van der Waals surface area (Å²) in [4.78, 5) is 22.6. The van der Waals surface area contributed by atoms with Crippen LogP contribution < -0.4 is 20.3 Å². The van der Waals surface area contributed by atoms with Gasteiger partial charge < -0.3 is 19.1 Å². The van der Waals surface area contributed by atoms with Crippen molar-refractivity contribution in [2.75, 3.05) is 45.5 Å². The lowest BCUT2D eigenvalue weighted by Gasteiger charge is -2.30. The monoisotopic (exact) mass is 369 g/mol. The molecule has 1 aliphatic rings. The number of carbonyl (C=O) groups excluding carboxylic acids is 1. The Morgan fingerprint density at radius 3 is 2.48 bits per heavy atom. The van der Waals surface area contributed by atoms with Crippen molar-refractivity contribution >= 4 is 35.2 Å². The van der Waals surface area contributed by atoms with Gasteiger partial charge in [-0.3, -0.25) is 0 Å². The van der Waals surface area contributed by atoms with Crippen LogP contribution in [0.15, 0.2) is 18.5 Å². The summed E-state index contributed by atoms with van der Waals surface area (Å²) in [6.45, 7) is 1.98. The zero-order valence-corrected chi connectivity index (χ0v) is 14.8. The van der Waals surface area contributed by atoms with Crippen molar-refractivity contribution in [2.45, 2.75) is 0 Å². The molecule has 1 fully saturated rings. The average molecular weight is 370 g/mol. The van der Waals surface area contributed by atoms with Crippen molar-refractivity contribution in [2.24, 2.45) is 5.84 Å². The molecule has 25 heavy (non-hydrogen) atoms. The number of benzene rings is 1. The highest BCUT2D eigenvalue weighted by Gasteiger charge is 2.24. The summed E-state index contributed by atoms with van der Waals surface area (Å²) in [5.74, 6) is 7.39. The maximum absolute atomic E-state index is 12.6. The summed E-state index contributed by atoms with van der Waals surface area (Å²) >= 11 is 0. The van der Waals surface area contributed by atoms with E-state index in [1.54, 1.807) is 24.1 Å².